The summed E-state index contributed by atoms with van der Waals surface area (Å²) in [7, 11) is 0. The van der Waals surface area contributed by atoms with Crippen molar-refractivity contribution in [2.75, 3.05) is 0 Å². The van der Waals surface area contributed by atoms with Gasteiger partial charge in [-0.05, 0) is 62.3 Å². The molecule has 0 saturated heterocycles. The van der Waals surface area contributed by atoms with Crippen LogP contribution in [0.5, 0.6) is 0 Å². The molecule has 1 unspecified atom stereocenters. The number of hydrogen-bond acceptors (Lipinski definition) is 3. The van der Waals surface area contributed by atoms with Crippen LogP contribution in [-0.4, -0.2) is 37.9 Å². The van der Waals surface area contributed by atoms with E-state index in [0.29, 0.717) is 29.8 Å². The molecule has 3 atom stereocenters. The van der Waals surface area contributed by atoms with E-state index in [-0.39, 0.29) is 17.9 Å². The van der Waals surface area contributed by atoms with E-state index in [0.717, 1.165) is 30.5 Å². The zero-order valence-electron chi connectivity index (χ0n) is 15.2. The lowest BCUT2D eigenvalue weighted by molar-refractivity contribution is 0.0872. The second-order valence-electron chi connectivity index (χ2n) is 8.47. The van der Waals surface area contributed by atoms with Crippen molar-refractivity contribution >= 4 is 17.5 Å². The number of nitrogens with one attached hydrogen (secondary N) is 2. The standard InChI is InChI=1S/C20H25ClN4O2/c21-14-8-22-25(10-14)9-11-5-17(18(26)6-11)24-20(27)15-7-16(12-1-2-12)23-19(15)13-3-4-13/h7-8,10-13,17-18,23,26H,1-6,9H2,(H,24,27)/t11?,17-,18-/m1/s1. The van der Waals surface area contributed by atoms with Gasteiger partial charge in [0, 0.05) is 24.1 Å². The number of aliphatic hydroxyl groups is 1. The number of carbonyl (C=O) groups excluding carboxylic acids is 1. The largest absolute Gasteiger partial charge is 0.391 e. The van der Waals surface area contributed by atoms with Gasteiger partial charge in [0.25, 0.3) is 5.91 Å². The van der Waals surface area contributed by atoms with Crippen LogP contribution in [-0.2, 0) is 6.54 Å². The summed E-state index contributed by atoms with van der Waals surface area (Å²) >= 11 is 5.92. The molecular formula is C20H25ClN4O2. The van der Waals surface area contributed by atoms with Crippen molar-refractivity contribution in [3.63, 3.8) is 0 Å². The monoisotopic (exact) mass is 388 g/mol. The van der Waals surface area contributed by atoms with Crippen LogP contribution >= 0.6 is 11.6 Å². The van der Waals surface area contributed by atoms with E-state index in [2.05, 4.69) is 15.4 Å². The maximum absolute atomic E-state index is 12.9. The SMILES string of the molecule is O=C(N[C@@H]1CC(Cn2cc(Cl)cn2)C[C@H]1O)c1cc(C2CC2)[nH]c1C1CC1. The molecule has 0 radical (unpaired) electrons. The van der Waals surface area contributed by atoms with Gasteiger partial charge >= 0.3 is 0 Å². The van der Waals surface area contributed by atoms with Gasteiger partial charge in [0.1, 0.15) is 0 Å². The summed E-state index contributed by atoms with van der Waals surface area (Å²) in [6.07, 6.45) is 9.06. The Morgan fingerprint density at radius 3 is 2.74 bits per heavy atom. The van der Waals surface area contributed by atoms with Crippen LogP contribution in [0.25, 0.3) is 0 Å². The molecule has 6 nitrogen and oxygen atoms in total. The van der Waals surface area contributed by atoms with Gasteiger partial charge in [-0.3, -0.25) is 9.48 Å². The molecule has 3 fully saturated rings. The fourth-order valence-corrected chi connectivity index (χ4v) is 4.52. The minimum absolute atomic E-state index is 0.0492. The summed E-state index contributed by atoms with van der Waals surface area (Å²) in [5.74, 6) is 1.33. The zero-order valence-corrected chi connectivity index (χ0v) is 16.0. The number of carbonyl (C=O) groups is 1. The van der Waals surface area contributed by atoms with Gasteiger partial charge in [-0.15, -0.1) is 0 Å². The maximum Gasteiger partial charge on any atom is 0.253 e. The molecule has 27 heavy (non-hydrogen) atoms. The average Bonchev–Trinajstić information content (AvgIpc) is 3.55. The van der Waals surface area contributed by atoms with Gasteiger partial charge in [0.05, 0.1) is 28.9 Å². The molecule has 0 bridgehead atoms. The molecule has 2 heterocycles. The third-order valence-electron chi connectivity index (χ3n) is 6.11. The van der Waals surface area contributed by atoms with E-state index in [1.807, 2.05) is 10.7 Å². The van der Waals surface area contributed by atoms with Crippen molar-refractivity contribution in [1.82, 2.24) is 20.1 Å². The number of rotatable bonds is 6. The normalized spacial score (nSPS) is 27.9. The van der Waals surface area contributed by atoms with Crippen LogP contribution in [0.4, 0.5) is 0 Å². The smallest absolute Gasteiger partial charge is 0.253 e. The highest BCUT2D eigenvalue weighted by molar-refractivity contribution is 6.30. The highest BCUT2D eigenvalue weighted by Crippen LogP contribution is 2.45. The molecule has 2 aromatic heterocycles. The minimum Gasteiger partial charge on any atom is -0.391 e. The first-order valence-corrected chi connectivity index (χ1v) is 10.3. The second-order valence-corrected chi connectivity index (χ2v) is 8.90. The van der Waals surface area contributed by atoms with Crippen LogP contribution in [0, 0.1) is 5.92 Å². The van der Waals surface area contributed by atoms with Gasteiger partial charge in [-0.25, -0.2) is 0 Å². The topological polar surface area (TPSA) is 82.9 Å². The van der Waals surface area contributed by atoms with Crippen molar-refractivity contribution < 1.29 is 9.90 Å². The van der Waals surface area contributed by atoms with Gasteiger partial charge in [-0.1, -0.05) is 11.6 Å². The number of hydrogen-bond donors (Lipinski definition) is 3. The van der Waals surface area contributed by atoms with Gasteiger partial charge in [0.15, 0.2) is 0 Å². The molecule has 0 aliphatic heterocycles. The molecule has 3 N–H and O–H groups in total. The quantitative estimate of drug-likeness (QED) is 0.710. The summed E-state index contributed by atoms with van der Waals surface area (Å²) in [5, 5.41) is 18.4. The maximum atomic E-state index is 12.9. The van der Waals surface area contributed by atoms with Crippen molar-refractivity contribution in [2.45, 2.75) is 69.1 Å². The van der Waals surface area contributed by atoms with E-state index < -0.39 is 6.10 Å². The Morgan fingerprint density at radius 2 is 2.07 bits per heavy atom. The third-order valence-corrected chi connectivity index (χ3v) is 6.30. The Hall–Kier alpha value is -1.79. The Bertz CT molecular complexity index is 852. The van der Waals surface area contributed by atoms with Gasteiger partial charge < -0.3 is 15.4 Å². The summed E-state index contributed by atoms with van der Waals surface area (Å²) < 4.78 is 1.81. The molecule has 3 aliphatic carbocycles. The van der Waals surface area contributed by atoms with E-state index >= 15 is 0 Å². The number of nitrogens with zero attached hydrogens (tertiary/aromatic N) is 2. The van der Waals surface area contributed by atoms with Crippen molar-refractivity contribution in [2.24, 2.45) is 5.92 Å². The first-order chi connectivity index (χ1) is 13.1. The summed E-state index contributed by atoms with van der Waals surface area (Å²) in [6.45, 7) is 0.708. The van der Waals surface area contributed by atoms with Crippen molar-refractivity contribution in [3.05, 3.63) is 40.4 Å². The number of aromatic nitrogens is 3. The Labute approximate surface area is 163 Å². The highest BCUT2D eigenvalue weighted by atomic mass is 35.5. The molecule has 0 aromatic carbocycles. The van der Waals surface area contributed by atoms with Crippen LogP contribution in [0.2, 0.25) is 5.02 Å². The lowest BCUT2D eigenvalue weighted by atomic mass is 10.1. The predicted octanol–water partition coefficient (Wildman–Crippen LogP) is 3.19. The molecule has 3 aliphatic rings. The third kappa shape index (κ3) is 3.65. The van der Waals surface area contributed by atoms with Crippen LogP contribution < -0.4 is 5.32 Å². The van der Waals surface area contributed by atoms with Crippen molar-refractivity contribution in [3.8, 4) is 0 Å². The zero-order chi connectivity index (χ0) is 18.5. The Kier molecular flexibility index (Phi) is 4.28. The van der Waals surface area contributed by atoms with Gasteiger partial charge in [0.2, 0.25) is 0 Å². The molecule has 5 rings (SSSR count). The number of amides is 1. The summed E-state index contributed by atoms with van der Waals surface area (Å²) in [5.41, 5.74) is 3.10. The number of aromatic amines is 1. The molecular weight excluding hydrogens is 364 g/mol. The average molecular weight is 389 g/mol. The molecule has 7 heteroatoms. The number of aliphatic hydroxyl groups excluding tert-OH is 1. The fraction of sp³-hybridized carbons (Fsp3) is 0.600. The second kappa shape index (κ2) is 6.67. The van der Waals surface area contributed by atoms with Crippen LogP contribution in [0.1, 0.15) is 72.1 Å². The Morgan fingerprint density at radius 1 is 1.30 bits per heavy atom. The predicted molar refractivity (Wildman–Crippen MR) is 102 cm³/mol. The molecule has 0 spiro atoms. The fourth-order valence-electron chi connectivity index (χ4n) is 4.36. The molecule has 144 valence electrons. The number of H-pyrrole nitrogens is 1. The van der Waals surface area contributed by atoms with E-state index in [1.165, 1.54) is 18.5 Å². The molecule has 1 amide bonds. The first kappa shape index (κ1) is 17.3. The summed E-state index contributed by atoms with van der Waals surface area (Å²) in [4.78, 5) is 16.5. The Balaban J connectivity index is 1.25. The van der Waals surface area contributed by atoms with E-state index in [9.17, 15) is 9.90 Å². The lowest BCUT2D eigenvalue weighted by Gasteiger charge is -2.16. The van der Waals surface area contributed by atoms with E-state index in [4.69, 9.17) is 11.6 Å². The van der Waals surface area contributed by atoms with Gasteiger partial charge in [-0.2, -0.15) is 5.10 Å². The summed E-state index contributed by atoms with van der Waals surface area (Å²) in [6, 6.07) is 1.84. The molecule has 3 saturated carbocycles. The number of halogens is 1. The molecule has 2 aromatic rings. The lowest BCUT2D eigenvalue weighted by Crippen LogP contribution is -2.40. The van der Waals surface area contributed by atoms with Crippen LogP contribution in [0.3, 0.4) is 0 Å². The van der Waals surface area contributed by atoms with Crippen molar-refractivity contribution in [1.29, 1.82) is 0 Å². The highest BCUT2D eigenvalue weighted by Gasteiger charge is 2.37. The first-order valence-electron chi connectivity index (χ1n) is 9.96. The van der Waals surface area contributed by atoms with Crippen LogP contribution in [0.15, 0.2) is 18.5 Å². The minimum atomic E-state index is -0.517. The van der Waals surface area contributed by atoms with E-state index in [1.54, 1.807) is 12.4 Å².